The van der Waals surface area contributed by atoms with Gasteiger partial charge in [0.1, 0.15) is 11.9 Å². The Labute approximate surface area is 133 Å². The summed E-state index contributed by atoms with van der Waals surface area (Å²) in [4.78, 5) is 0. The van der Waals surface area contributed by atoms with Gasteiger partial charge < -0.3 is 10.1 Å². The minimum absolute atomic E-state index is 0.0508. The molecule has 2 unspecified atom stereocenters. The van der Waals surface area contributed by atoms with Gasteiger partial charge in [0.25, 0.3) is 0 Å². The Morgan fingerprint density at radius 2 is 2.33 bits per heavy atom. The van der Waals surface area contributed by atoms with Gasteiger partial charge in [0.15, 0.2) is 0 Å². The van der Waals surface area contributed by atoms with E-state index in [1.54, 1.807) is 0 Å². The van der Waals surface area contributed by atoms with Crippen LogP contribution in [0.15, 0.2) is 35.1 Å². The fourth-order valence-corrected chi connectivity index (χ4v) is 3.10. The van der Waals surface area contributed by atoms with Crippen LogP contribution in [-0.4, -0.2) is 16.3 Å². The summed E-state index contributed by atoms with van der Waals surface area (Å²) in [5.41, 5.74) is 2.37. The van der Waals surface area contributed by atoms with Crippen molar-refractivity contribution in [3.63, 3.8) is 0 Å². The number of rotatable bonds is 4. The topological polar surface area (TPSA) is 39.1 Å². The first-order valence-corrected chi connectivity index (χ1v) is 8.14. The standard InChI is InChI=1S/C16H20BrN3O/c1-3-6-18-14-8-15(11-9-19-20(2)10-11)21-16-7-12(17)4-5-13(14)16/h4-5,7,9-10,14-15,18H,3,6,8H2,1-2H3. The van der Waals surface area contributed by atoms with E-state index in [4.69, 9.17) is 4.74 Å². The Kier molecular flexibility index (Phi) is 4.31. The molecule has 2 heterocycles. The summed E-state index contributed by atoms with van der Waals surface area (Å²) >= 11 is 3.53. The molecule has 2 atom stereocenters. The van der Waals surface area contributed by atoms with Gasteiger partial charge in [0.05, 0.1) is 6.20 Å². The van der Waals surface area contributed by atoms with Crippen molar-refractivity contribution in [2.24, 2.45) is 7.05 Å². The van der Waals surface area contributed by atoms with Crippen LogP contribution in [0.5, 0.6) is 5.75 Å². The summed E-state index contributed by atoms with van der Waals surface area (Å²) in [7, 11) is 1.93. The first-order chi connectivity index (χ1) is 10.2. The Morgan fingerprint density at radius 1 is 1.48 bits per heavy atom. The highest BCUT2D eigenvalue weighted by Gasteiger charge is 2.29. The molecule has 0 amide bonds. The summed E-state index contributed by atoms with van der Waals surface area (Å²) in [6, 6.07) is 6.60. The maximum Gasteiger partial charge on any atom is 0.129 e. The molecule has 21 heavy (non-hydrogen) atoms. The minimum atomic E-state index is 0.0508. The molecule has 1 aromatic carbocycles. The first kappa shape index (κ1) is 14.6. The number of fused-ring (bicyclic) bond motifs is 1. The zero-order valence-corrected chi connectivity index (χ0v) is 13.9. The molecule has 0 aliphatic carbocycles. The number of aryl methyl sites for hydroxylation is 1. The molecule has 0 saturated carbocycles. The van der Waals surface area contributed by atoms with E-state index >= 15 is 0 Å². The quantitative estimate of drug-likeness (QED) is 0.913. The second kappa shape index (κ2) is 6.20. The number of benzene rings is 1. The highest BCUT2D eigenvalue weighted by atomic mass is 79.9. The van der Waals surface area contributed by atoms with Crippen molar-refractivity contribution in [1.82, 2.24) is 15.1 Å². The fraction of sp³-hybridized carbons (Fsp3) is 0.438. The first-order valence-electron chi connectivity index (χ1n) is 7.35. The van der Waals surface area contributed by atoms with E-state index in [2.05, 4.69) is 51.5 Å². The lowest BCUT2D eigenvalue weighted by Gasteiger charge is -2.32. The number of hydrogen-bond donors (Lipinski definition) is 1. The highest BCUT2D eigenvalue weighted by molar-refractivity contribution is 9.10. The van der Waals surface area contributed by atoms with Crippen molar-refractivity contribution >= 4 is 15.9 Å². The Balaban J connectivity index is 1.91. The number of nitrogens with one attached hydrogen (secondary N) is 1. The summed E-state index contributed by atoms with van der Waals surface area (Å²) < 4.78 is 9.07. The molecule has 0 spiro atoms. The van der Waals surface area contributed by atoms with Gasteiger partial charge in [-0.05, 0) is 25.1 Å². The Morgan fingerprint density at radius 3 is 3.05 bits per heavy atom. The maximum absolute atomic E-state index is 6.20. The predicted molar refractivity (Wildman–Crippen MR) is 86.4 cm³/mol. The molecule has 1 N–H and O–H groups in total. The number of halogens is 1. The van der Waals surface area contributed by atoms with Gasteiger partial charge >= 0.3 is 0 Å². The van der Waals surface area contributed by atoms with Crippen molar-refractivity contribution < 1.29 is 4.74 Å². The third-order valence-electron chi connectivity index (χ3n) is 3.81. The van der Waals surface area contributed by atoms with Crippen molar-refractivity contribution in [1.29, 1.82) is 0 Å². The van der Waals surface area contributed by atoms with E-state index in [9.17, 15) is 0 Å². The average Bonchev–Trinajstić information content (AvgIpc) is 2.90. The van der Waals surface area contributed by atoms with Gasteiger partial charge in [0.2, 0.25) is 0 Å². The van der Waals surface area contributed by atoms with Gasteiger partial charge in [-0.2, -0.15) is 5.10 Å². The van der Waals surface area contributed by atoms with Crippen molar-refractivity contribution in [2.75, 3.05) is 6.54 Å². The molecule has 0 radical (unpaired) electrons. The minimum Gasteiger partial charge on any atom is -0.485 e. The summed E-state index contributed by atoms with van der Waals surface area (Å²) in [5.74, 6) is 0.957. The maximum atomic E-state index is 6.20. The summed E-state index contributed by atoms with van der Waals surface area (Å²) in [6.45, 7) is 3.20. The molecular formula is C16H20BrN3O. The van der Waals surface area contributed by atoms with E-state index in [1.807, 2.05) is 24.1 Å². The molecule has 1 aliphatic heterocycles. The monoisotopic (exact) mass is 349 g/mol. The SMILES string of the molecule is CCCNC1CC(c2cnn(C)c2)Oc2cc(Br)ccc21. The molecule has 1 aliphatic rings. The van der Waals surface area contributed by atoms with E-state index < -0.39 is 0 Å². The molecule has 1 aromatic heterocycles. The lowest BCUT2D eigenvalue weighted by molar-refractivity contribution is 0.151. The third kappa shape index (κ3) is 3.14. The van der Waals surface area contributed by atoms with Crippen LogP contribution < -0.4 is 10.1 Å². The molecule has 0 fully saturated rings. The number of ether oxygens (including phenoxy) is 1. The van der Waals surface area contributed by atoms with Crippen LogP contribution in [0.1, 0.15) is 43.0 Å². The van der Waals surface area contributed by atoms with Crippen LogP contribution in [0.3, 0.4) is 0 Å². The molecule has 5 heteroatoms. The Bertz CT molecular complexity index is 626. The van der Waals surface area contributed by atoms with Gasteiger partial charge in [-0.25, -0.2) is 0 Å². The van der Waals surface area contributed by atoms with E-state index in [0.717, 1.165) is 35.2 Å². The van der Waals surface area contributed by atoms with Crippen LogP contribution in [-0.2, 0) is 7.05 Å². The second-order valence-electron chi connectivity index (χ2n) is 5.48. The zero-order valence-electron chi connectivity index (χ0n) is 12.3. The Hall–Kier alpha value is -1.33. The lowest BCUT2D eigenvalue weighted by atomic mass is 9.94. The van der Waals surface area contributed by atoms with Crippen molar-refractivity contribution in [3.05, 3.63) is 46.2 Å². The molecule has 0 bridgehead atoms. The number of nitrogens with zero attached hydrogens (tertiary/aromatic N) is 2. The number of hydrogen-bond acceptors (Lipinski definition) is 3. The molecule has 0 saturated heterocycles. The lowest BCUT2D eigenvalue weighted by Crippen LogP contribution is -2.29. The molecule has 3 rings (SSSR count). The number of aromatic nitrogens is 2. The zero-order chi connectivity index (χ0) is 14.8. The molecule has 2 aromatic rings. The van der Waals surface area contributed by atoms with E-state index in [1.165, 1.54) is 5.56 Å². The molecule has 112 valence electrons. The van der Waals surface area contributed by atoms with Crippen LogP contribution in [0.2, 0.25) is 0 Å². The fourth-order valence-electron chi connectivity index (χ4n) is 2.76. The van der Waals surface area contributed by atoms with Crippen molar-refractivity contribution in [2.45, 2.75) is 31.9 Å². The largest absolute Gasteiger partial charge is 0.485 e. The van der Waals surface area contributed by atoms with Crippen LogP contribution in [0, 0.1) is 0 Å². The van der Waals surface area contributed by atoms with E-state index in [0.29, 0.717) is 6.04 Å². The average molecular weight is 350 g/mol. The molecular weight excluding hydrogens is 330 g/mol. The van der Waals surface area contributed by atoms with Gasteiger partial charge in [-0.1, -0.05) is 28.9 Å². The van der Waals surface area contributed by atoms with Crippen LogP contribution >= 0.6 is 15.9 Å². The summed E-state index contributed by atoms with van der Waals surface area (Å²) in [5, 5.41) is 7.89. The third-order valence-corrected chi connectivity index (χ3v) is 4.30. The predicted octanol–water partition coefficient (Wildman–Crippen LogP) is 3.75. The highest BCUT2D eigenvalue weighted by Crippen LogP contribution is 2.41. The van der Waals surface area contributed by atoms with E-state index in [-0.39, 0.29) is 6.10 Å². The normalized spacial score (nSPS) is 20.9. The smallest absolute Gasteiger partial charge is 0.129 e. The molecule has 4 nitrogen and oxygen atoms in total. The summed E-state index contributed by atoms with van der Waals surface area (Å²) in [6.07, 6.45) is 6.03. The van der Waals surface area contributed by atoms with Gasteiger partial charge in [-0.15, -0.1) is 0 Å². The van der Waals surface area contributed by atoms with Crippen LogP contribution in [0.4, 0.5) is 0 Å². The van der Waals surface area contributed by atoms with Gasteiger partial charge in [0, 0.05) is 41.3 Å². The van der Waals surface area contributed by atoms with Gasteiger partial charge in [-0.3, -0.25) is 4.68 Å². The van der Waals surface area contributed by atoms with Crippen LogP contribution in [0.25, 0.3) is 0 Å². The van der Waals surface area contributed by atoms with Crippen molar-refractivity contribution in [3.8, 4) is 5.75 Å². The second-order valence-corrected chi connectivity index (χ2v) is 6.39.